The zero-order valence-electron chi connectivity index (χ0n) is 11.0. The lowest BCUT2D eigenvalue weighted by molar-refractivity contribution is -0.121. The number of carbonyl (C=O) groups excluding carboxylic acids is 1. The maximum Gasteiger partial charge on any atom is 0.250 e. The van der Waals surface area contributed by atoms with Crippen LogP contribution in [0.25, 0.3) is 0 Å². The summed E-state index contributed by atoms with van der Waals surface area (Å²) < 4.78 is 10.5. The predicted molar refractivity (Wildman–Crippen MR) is 78.4 cm³/mol. The largest absolute Gasteiger partial charge is 0.487 e. The van der Waals surface area contributed by atoms with Gasteiger partial charge in [0.2, 0.25) is 5.91 Å². The molecule has 1 amide bonds. The van der Waals surface area contributed by atoms with E-state index in [1.807, 2.05) is 13.8 Å². The van der Waals surface area contributed by atoms with Crippen molar-refractivity contribution >= 4 is 28.8 Å². The van der Waals surface area contributed by atoms with E-state index in [0.29, 0.717) is 16.4 Å². The third-order valence-electron chi connectivity index (χ3n) is 2.07. The molecule has 0 unspecified atom stereocenters. The molecular formula is C13H18N2O3S. The predicted octanol–water partition coefficient (Wildman–Crippen LogP) is 1.71. The third-order valence-corrected chi connectivity index (χ3v) is 2.18. The van der Waals surface area contributed by atoms with Crippen molar-refractivity contribution < 1.29 is 14.3 Å². The van der Waals surface area contributed by atoms with Crippen molar-refractivity contribution in [3.05, 3.63) is 24.3 Å². The quantitative estimate of drug-likeness (QED) is 0.745. The van der Waals surface area contributed by atoms with Gasteiger partial charge < -0.3 is 20.5 Å². The van der Waals surface area contributed by atoms with Gasteiger partial charge in [0.25, 0.3) is 0 Å². The highest BCUT2D eigenvalue weighted by Crippen LogP contribution is 2.15. The molecule has 104 valence electrons. The molecule has 0 saturated carbocycles. The number of ether oxygens (including phenoxy) is 2. The fourth-order valence-corrected chi connectivity index (χ4v) is 1.29. The van der Waals surface area contributed by atoms with Crippen LogP contribution in [0.1, 0.15) is 13.8 Å². The van der Waals surface area contributed by atoms with E-state index in [1.54, 1.807) is 24.3 Å². The van der Waals surface area contributed by atoms with E-state index in [0.717, 1.165) is 0 Å². The number of rotatable bonds is 7. The number of hydrogen-bond donors (Lipinski definition) is 2. The van der Waals surface area contributed by atoms with Crippen molar-refractivity contribution in [3.8, 4) is 5.75 Å². The fourth-order valence-electron chi connectivity index (χ4n) is 1.23. The maximum atomic E-state index is 11.5. The normalized spacial score (nSPS) is 10.3. The molecule has 19 heavy (non-hydrogen) atoms. The molecule has 0 fully saturated rings. The SMILES string of the molecule is CC(C)OCC(=O)Nc1ccc(OCC(N)=S)cc1. The number of hydrogen-bond acceptors (Lipinski definition) is 4. The monoisotopic (exact) mass is 282 g/mol. The average Bonchev–Trinajstić information content (AvgIpc) is 2.35. The van der Waals surface area contributed by atoms with E-state index in [2.05, 4.69) is 5.32 Å². The first-order valence-electron chi connectivity index (χ1n) is 5.90. The van der Waals surface area contributed by atoms with Crippen LogP contribution >= 0.6 is 12.2 Å². The minimum absolute atomic E-state index is 0.0293. The van der Waals surface area contributed by atoms with Crippen LogP contribution in [0.5, 0.6) is 5.75 Å². The Bertz CT molecular complexity index is 432. The van der Waals surface area contributed by atoms with Crippen molar-refractivity contribution in [2.24, 2.45) is 5.73 Å². The molecule has 1 aromatic carbocycles. The molecule has 1 aromatic rings. The third kappa shape index (κ3) is 6.73. The minimum atomic E-state index is -0.189. The fraction of sp³-hybridized carbons (Fsp3) is 0.385. The zero-order valence-corrected chi connectivity index (χ0v) is 11.8. The molecule has 0 aliphatic heterocycles. The number of benzene rings is 1. The van der Waals surface area contributed by atoms with Crippen molar-refractivity contribution in [1.29, 1.82) is 0 Å². The molecule has 5 nitrogen and oxygen atoms in total. The molecule has 0 spiro atoms. The summed E-state index contributed by atoms with van der Waals surface area (Å²) in [5, 5.41) is 2.72. The number of nitrogens with one attached hydrogen (secondary N) is 1. The Hall–Kier alpha value is -1.66. The molecule has 0 aromatic heterocycles. The van der Waals surface area contributed by atoms with E-state index < -0.39 is 0 Å². The molecule has 0 atom stereocenters. The van der Waals surface area contributed by atoms with Crippen LogP contribution in [0, 0.1) is 0 Å². The van der Waals surface area contributed by atoms with Crippen molar-refractivity contribution in [1.82, 2.24) is 0 Å². The summed E-state index contributed by atoms with van der Waals surface area (Å²) in [6.45, 7) is 3.99. The van der Waals surface area contributed by atoms with Crippen molar-refractivity contribution in [2.75, 3.05) is 18.5 Å². The molecule has 0 radical (unpaired) electrons. The Balaban J connectivity index is 2.43. The van der Waals surface area contributed by atoms with Gasteiger partial charge >= 0.3 is 0 Å². The van der Waals surface area contributed by atoms with Crippen LogP contribution in [-0.4, -0.2) is 30.2 Å². The van der Waals surface area contributed by atoms with Gasteiger partial charge in [0, 0.05) is 5.69 Å². The summed E-state index contributed by atoms with van der Waals surface area (Å²) in [6, 6.07) is 6.94. The second kappa shape index (κ2) is 7.70. The van der Waals surface area contributed by atoms with Crippen LogP contribution in [0.4, 0.5) is 5.69 Å². The van der Waals surface area contributed by atoms with Gasteiger partial charge in [0.05, 0.1) is 6.10 Å². The van der Waals surface area contributed by atoms with E-state index in [1.165, 1.54) is 0 Å². The first kappa shape index (κ1) is 15.4. The van der Waals surface area contributed by atoms with Crippen LogP contribution in [-0.2, 0) is 9.53 Å². The standard InChI is InChI=1S/C13H18N2O3S/c1-9(2)17-8-13(16)15-10-3-5-11(6-4-10)18-7-12(14)19/h3-6,9H,7-8H2,1-2H3,(H2,14,19)(H,15,16). The van der Waals surface area contributed by atoms with Crippen molar-refractivity contribution in [3.63, 3.8) is 0 Å². The minimum Gasteiger partial charge on any atom is -0.487 e. The maximum absolute atomic E-state index is 11.5. The van der Waals surface area contributed by atoms with Gasteiger partial charge in [-0.1, -0.05) is 12.2 Å². The highest BCUT2D eigenvalue weighted by molar-refractivity contribution is 7.80. The van der Waals surface area contributed by atoms with Gasteiger partial charge in [-0.3, -0.25) is 4.79 Å². The lowest BCUT2D eigenvalue weighted by Gasteiger charge is -2.09. The summed E-state index contributed by atoms with van der Waals surface area (Å²) >= 11 is 4.71. The molecular weight excluding hydrogens is 264 g/mol. The van der Waals surface area contributed by atoms with Gasteiger partial charge in [-0.05, 0) is 38.1 Å². The lowest BCUT2D eigenvalue weighted by Crippen LogP contribution is -2.20. The highest BCUT2D eigenvalue weighted by Gasteiger charge is 2.04. The number of thiocarbonyl (C=S) groups is 1. The van der Waals surface area contributed by atoms with Crippen LogP contribution in [0.3, 0.4) is 0 Å². The second-order valence-electron chi connectivity index (χ2n) is 4.19. The Morgan fingerprint density at radius 1 is 1.32 bits per heavy atom. The lowest BCUT2D eigenvalue weighted by atomic mass is 10.3. The molecule has 0 aliphatic rings. The van der Waals surface area contributed by atoms with Crippen LogP contribution < -0.4 is 15.8 Å². The Kier molecular flexibility index (Phi) is 6.24. The highest BCUT2D eigenvalue weighted by atomic mass is 32.1. The summed E-state index contributed by atoms with van der Waals surface area (Å²) in [5.41, 5.74) is 6.01. The first-order valence-corrected chi connectivity index (χ1v) is 6.31. The Labute approximate surface area is 118 Å². The molecule has 3 N–H and O–H groups in total. The van der Waals surface area contributed by atoms with E-state index in [4.69, 9.17) is 27.4 Å². The first-order chi connectivity index (χ1) is 8.97. The van der Waals surface area contributed by atoms with Crippen LogP contribution in [0.2, 0.25) is 0 Å². The summed E-state index contributed by atoms with van der Waals surface area (Å²) in [4.78, 5) is 11.8. The molecule has 0 aliphatic carbocycles. The zero-order chi connectivity index (χ0) is 14.3. The summed E-state index contributed by atoms with van der Waals surface area (Å²) in [7, 11) is 0. The molecule has 0 heterocycles. The average molecular weight is 282 g/mol. The van der Waals surface area contributed by atoms with E-state index in [9.17, 15) is 4.79 Å². The van der Waals surface area contributed by atoms with Gasteiger partial charge in [-0.25, -0.2) is 0 Å². The molecule has 6 heteroatoms. The number of carbonyl (C=O) groups is 1. The summed E-state index contributed by atoms with van der Waals surface area (Å²) in [5.74, 6) is 0.453. The number of nitrogens with two attached hydrogens (primary N) is 1. The van der Waals surface area contributed by atoms with Crippen molar-refractivity contribution in [2.45, 2.75) is 20.0 Å². The topological polar surface area (TPSA) is 73.6 Å². The molecule has 1 rings (SSSR count). The van der Waals surface area contributed by atoms with Crippen LogP contribution in [0.15, 0.2) is 24.3 Å². The Morgan fingerprint density at radius 3 is 2.47 bits per heavy atom. The number of amides is 1. The van der Waals surface area contributed by atoms with Gasteiger partial charge in [-0.2, -0.15) is 0 Å². The second-order valence-corrected chi connectivity index (χ2v) is 4.71. The van der Waals surface area contributed by atoms with E-state index >= 15 is 0 Å². The number of anilines is 1. The van der Waals surface area contributed by atoms with Gasteiger partial charge in [0.1, 0.15) is 24.0 Å². The van der Waals surface area contributed by atoms with E-state index in [-0.39, 0.29) is 25.2 Å². The molecule has 0 saturated heterocycles. The smallest absolute Gasteiger partial charge is 0.250 e. The van der Waals surface area contributed by atoms with Gasteiger partial charge in [0.15, 0.2) is 0 Å². The summed E-state index contributed by atoms with van der Waals surface area (Å²) in [6.07, 6.45) is 0.0293. The van der Waals surface area contributed by atoms with Gasteiger partial charge in [-0.15, -0.1) is 0 Å². The Morgan fingerprint density at radius 2 is 1.95 bits per heavy atom. The molecule has 0 bridgehead atoms.